The summed E-state index contributed by atoms with van der Waals surface area (Å²) in [6, 6.07) is 0. The number of hydrogen-bond donors (Lipinski definition) is 0. The Labute approximate surface area is 89.0 Å². The summed E-state index contributed by atoms with van der Waals surface area (Å²) in [7, 11) is 4.74. The monoisotopic (exact) mass is 219 g/mol. The van der Waals surface area contributed by atoms with Crippen LogP contribution in [0.4, 0.5) is 0 Å². The number of rotatable bonds is 4. The van der Waals surface area contributed by atoms with Gasteiger partial charge in [-0.25, -0.2) is 0 Å². The summed E-state index contributed by atoms with van der Waals surface area (Å²) in [5.74, 6) is -0.292. The van der Waals surface area contributed by atoms with Gasteiger partial charge >= 0.3 is 5.97 Å². The van der Waals surface area contributed by atoms with Crippen molar-refractivity contribution in [2.75, 3.05) is 21.2 Å². The van der Waals surface area contributed by atoms with Crippen LogP contribution < -0.4 is 0 Å². The highest BCUT2D eigenvalue weighted by molar-refractivity contribution is 8.01. The van der Waals surface area contributed by atoms with Crippen LogP contribution in [0.25, 0.3) is 0 Å². The number of amides is 1. The SMILES string of the molecule is COC(=O)[C@@H](C)S[C@H](C)C(=O)N(C)C. The molecule has 2 atom stereocenters. The fraction of sp³-hybridized carbons (Fsp3) is 0.778. The van der Waals surface area contributed by atoms with E-state index in [0.29, 0.717) is 0 Å². The molecule has 0 radical (unpaired) electrons. The predicted octanol–water partition coefficient (Wildman–Crippen LogP) is 0.758. The maximum absolute atomic E-state index is 11.4. The van der Waals surface area contributed by atoms with E-state index in [2.05, 4.69) is 4.74 Å². The zero-order valence-corrected chi connectivity index (χ0v) is 10.1. The molecule has 0 aromatic heterocycles. The molecule has 0 aromatic carbocycles. The number of carbonyl (C=O) groups is 2. The highest BCUT2D eigenvalue weighted by Gasteiger charge is 2.22. The Bertz CT molecular complexity index is 218. The molecule has 0 aliphatic carbocycles. The Morgan fingerprint density at radius 3 is 2.07 bits per heavy atom. The Hall–Kier alpha value is -0.710. The minimum Gasteiger partial charge on any atom is -0.468 e. The first-order valence-electron chi connectivity index (χ1n) is 4.34. The number of thioether (sulfide) groups is 1. The molecule has 14 heavy (non-hydrogen) atoms. The van der Waals surface area contributed by atoms with Crippen LogP contribution in [-0.2, 0) is 14.3 Å². The van der Waals surface area contributed by atoms with Gasteiger partial charge in [0.25, 0.3) is 0 Å². The van der Waals surface area contributed by atoms with Gasteiger partial charge in [0.05, 0.1) is 12.4 Å². The highest BCUT2D eigenvalue weighted by Crippen LogP contribution is 2.19. The number of esters is 1. The first-order chi connectivity index (χ1) is 6.40. The molecule has 0 fully saturated rings. The number of hydrogen-bond acceptors (Lipinski definition) is 4. The molecular formula is C9H17NO3S. The zero-order valence-electron chi connectivity index (χ0n) is 9.23. The van der Waals surface area contributed by atoms with Gasteiger partial charge in [-0.1, -0.05) is 0 Å². The standard InChI is InChI=1S/C9H17NO3S/c1-6(8(11)10(3)4)14-7(2)9(12)13-5/h6-7H,1-5H3/t6-,7-/m1/s1. The molecule has 0 saturated heterocycles. The Balaban J connectivity index is 4.12. The zero-order chi connectivity index (χ0) is 11.3. The summed E-state index contributed by atoms with van der Waals surface area (Å²) in [6.07, 6.45) is 0. The minimum absolute atomic E-state index is 0.00533. The summed E-state index contributed by atoms with van der Waals surface area (Å²) >= 11 is 1.30. The number of ether oxygens (including phenoxy) is 1. The van der Waals surface area contributed by atoms with Crippen molar-refractivity contribution in [1.82, 2.24) is 4.90 Å². The summed E-state index contributed by atoms with van der Waals surface area (Å²) in [5, 5.41) is -0.530. The van der Waals surface area contributed by atoms with Gasteiger partial charge in [0.1, 0.15) is 5.25 Å². The summed E-state index contributed by atoms with van der Waals surface area (Å²) in [6.45, 7) is 3.52. The summed E-state index contributed by atoms with van der Waals surface area (Å²) in [5.41, 5.74) is 0. The van der Waals surface area contributed by atoms with Gasteiger partial charge in [0.15, 0.2) is 0 Å². The van der Waals surface area contributed by atoms with Gasteiger partial charge in [-0.05, 0) is 13.8 Å². The molecule has 0 rings (SSSR count). The molecule has 0 spiro atoms. The molecule has 0 aliphatic heterocycles. The molecule has 0 unspecified atom stereocenters. The third-order valence-electron chi connectivity index (χ3n) is 1.73. The summed E-state index contributed by atoms with van der Waals surface area (Å²) < 4.78 is 4.57. The topological polar surface area (TPSA) is 46.6 Å². The van der Waals surface area contributed by atoms with Gasteiger partial charge < -0.3 is 9.64 Å². The van der Waals surface area contributed by atoms with E-state index < -0.39 is 0 Å². The maximum atomic E-state index is 11.4. The van der Waals surface area contributed by atoms with Crippen molar-refractivity contribution < 1.29 is 14.3 Å². The van der Waals surface area contributed by atoms with Crippen LogP contribution in [0, 0.1) is 0 Å². The smallest absolute Gasteiger partial charge is 0.318 e. The Kier molecular flexibility index (Phi) is 5.60. The number of carbonyl (C=O) groups excluding carboxylic acids is 2. The summed E-state index contributed by atoms with van der Waals surface area (Å²) in [4.78, 5) is 24.0. The second-order valence-electron chi connectivity index (χ2n) is 3.18. The van der Waals surface area contributed by atoms with Crippen LogP contribution in [0.3, 0.4) is 0 Å². The molecule has 0 aliphatic rings. The maximum Gasteiger partial charge on any atom is 0.318 e. The molecule has 0 aromatic rings. The van der Waals surface area contributed by atoms with E-state index in [4.69, 9.17) is 0 Å². The largest absolute Gasteiger partial charge is 0.468 e. The van der Waals surface area contributed by atoms with Gasteiger partial charge in [-0.15, -0.1) is 11.8 Å². The average molecular weight is 219 g/mol. The van der Waals surface area contributed by atoms with Crippen LogP contribution in [0.1, 0.15) is 13.8 Å². The normalized spacial score (nSPS) is 14.4. The molecule has 0 saturated carbocycles. The lowest BCUT2D eigenvalue weighted by atomic mass is 10.4. The minimum atomic E-state index is -0.307. The van der Waals surface area contributed by atoms with Crippen molar-refractivity contribution in [3.8, 4) is 0 Å². The first kappa shape index (κ1) is 13.3. The third kappa shape index (κ3) is 4.00. The Morgan fingerprint density at radius 1 is 1.21 bits per heavy atom. The Morgan fingerprint density at radius 2 is 1.71 bits per heavy atom. The molecule has 1 amide bonds. The van der Waals surface area contributed by atoms with Crippen molar-refractivity contribution in [3.63, 3.8) is 0 Å². The lowest BCUT2D eigenvalue weighted by Crippen LogP contribution is -2.32. The van der Waals surface area contributed by atoms with E-state index in [1.165, 1.54) is 23.8 Å². The van der Waals surface area contributed by atoms with Crippen molar-refractivity contribution in [1.29, 1.82) is 0 Å². The van der Waals surface area contributed by atoms with Crippen molar-refractivity contribution >= 4 is 23.6 Å². The quantitative estimate of drug-likeness (QED) is 0.655. The lowest BCUT2D eigenvalue weighted by Gasteiger charge is -2.18. The van der Waals surface area contributed by atoms with Gasteiger partial charge in [0.2, 0.25) is 5.91 Å². The second-order valence-corrected chi connectivity index (χ2v) is 4.86. The van der Waals surface area contributed by atoms with Crippen LogP contribution in [-0.4, -0.2) is 48.5 Å². The van der Waals surface area contributed by atoms with Crippen LogP contribution >= 0.6 is 11.8 Å². The van der Waals surface area contributed by atoms with E-state index in [1.807, 2.05) is 0 Å². The molecule has 82 valence electrons. The fourth-order valence-electron chi connectivity index (χ4n) is 0.950. The van der Waals surface area contributed by atoms with Gasteiger partial charge in [0, 0.05) is 14.1 Å². The highest BCUT2D eigenvalue weighted by atomic mass is 32.2. The van der Waals surface area contributed by atoms with E-state index in [0.717, 1.165) is 0 Å². The first-order valence-corrected chi connectivity index (χ1v) is 5.28. The van der Waals surface area contributed by atoms with Crippen molar-refractivity contribution in [2.45, 2.75) is 24.3 Å². The number of methoxy groups -OCH3 is 1. The lowest BCUT2D eigenvalue weighted by molar-refractivity contribution is -0.139. The molecule has 0 heterocycles. The van der Waals surface area contributed by atoms with Gasteiger partial charge in [-0.2, -0.15) is 0 Å². The van der Waals surface area contributed by atoms with E-state index >= 15 is 0 Å². The van der Waals surface area contributed by atoms with Crippen LogP contribution in [0.2, 0.25) is 0 Å². The molecule has 0 N–H and O–H groups in total. The van der Waals surface area contributed by atoms with Crippen molar-refractivity contribution in [3.05, 3.63) is 0 Å². The number of nitrogens with zero attached hydrogens (tertiary/aromatic N) is 1. The molecule has 5 heteroatoms. The van der Waals surface area contributed by atoms with Crippen LogP contribution in [0.5, 0.6) is 0 Å². The molecular weight excluding hydrogens is 202 g/mol. The van der Waals surface area contributed by atoms with Crippen LogP contribution in [0.15, 0.2) is 0 Å². The average Bonchev–Trinajstić information content (AvgIpc) is 2.14. The van der Waals surface area contributed by atoms with E-state index in [1.54, 1.807) is 27.9 Å². The van der Waals surface area contributed by atoms with Gasteiger partial charge in [-0.3, -0.25) is 9.59 Å². The fourth-order valence-corrected chi connectivity index (χ4v) is 2.10. The molecule has 4 nitrogen and oxygen atoms in total. The predicted molar refractivity (Wildman–Crippen MR) is 57.2 cm³/mol. The second kappa shape index (κ2) is 5.90. The van der Waals surface area contributed by atoms with E-state index in [9.17, 15) is 9.59 Å². The molecule has 0 bridgehead atoms. The third-order valence-corrected chi connectivity index (χ3v) is 2.94. The van der Waals surface area contributed by atoms with E-state index in [-0.39, 0.29) is 22.4 Å². The van der Waals surface area contributed by atoms with Crippen molar-refractivity contribution in [2.24, 2.45) is 0 Å².